The molecule has 0 radical (unpaired) electrons. The maximum atomic E-state index is 11.6. The molecule has 0 aliphatic heterocycles. The second-order valence-electron chi connectivity index (χ2n) is 3.79. The molecule has 0 aromatic heterocycles. The van der Waals surface area contributed by atoms with Crippen molar-refractivity contribution in [2.24, 2.45) is 0 Å². The van der Waals surface area contributed by atoms with Gasteiger partial charge in [0.15, 0.2) is 0 Å². The zero-order valence-electron chi connectivity index (χ0n) is 10.3. The van der Waals surface area contributed by atoms with Gasteiger partial charge in [0, 0.05) is 11.8 Å². The molecular weight excluding hydrogens is 232 g/mol. The van der Waals surface area contributed by atoms with Gasteiger partial charge in [0.2, 0.25) is 5.91 Å². The zero-order chi connectivity index (χ0) is 13.5. The van der Waals surface area contributed by atoms with Crippen LogP contribution >= 0.6 is 0 Å². The van der Waals surface area contributed by atoms with E-state index in [1.165, 1.54) is 6.08 Å². The van der Waals surface area contributed by atoms with Crippen molar-refractivity contribution in [3.8, 4) is 0 Å². The van der Waals surface area contributed by atoms with E-state index in [0.29, 0.717) is 5.69 Å². The van der Waals surface area contributed by atoms with E-state index in [4.69, 9.17) is 5.11 Å². The fourth-order valence-electron chi connectivity index (χ4n) is 1.23. The first-order valence-corrected chi connectivity index (χ1v) is 5.52. The minimum Gasteiger partial charge on any atom is -0.478 e. The summed E-state index contributed by atoms with van der Waals surface area (Å²) in [6, 6.07) is 6.65. The summed E-state index contributed by atoms with van der Waals surface area (Å²) in [4.78, 5) is 21.9. The Labute approximate surface area is 106 Å². The topological polar surface area (TPSA) is 78.4 Å². The van der Waals surface area contributed by atoms with Crippen LogP contribution in [0.25, 0.3) is 6.08 Å². The fourth-order valence-corrected chi connectivity index (χ4v) is 1.23. The quantitative estimate of drug-likeness (QED) is 0.687. The Balaban J connectivity index is 2.66. The molecule has 96 valence electrons. The first-order valence-electron chi connectivity index (χ1n) is 5.52. The molecular formula is C13H16N2O3. The molecule has 1 aromatic rings. The zero-order valence-corrected chi connectivity index (χ0v) is 10.3. The number of carbonyl (C=O) groups excluding carboxylic acids is 1. The summed E-state index contributed by atoms with van der Waals surface area (Å²) in [5.74, 6) is -1.11. The van der Waals surface area contributed by atoms with Crippen molar-refractivity contribution in [1.29, 1.82) is 0 Å². The van der Waals surface area contributed by atoms with Crippen molar-refractivity contribution in [2.45, 2.75) is 13.0 Å². The molecule has 0 bridgehead atoms. The van der Waals surface area contributed by atoms with Crippen LogP contribution in [0.4, 0.5) is 5.69 Å². The number of carbonyl (C=O) groups is 2. The first kappa shape index (κ1) is 13.9. The molecule has 5 nitrogen and oxygen atoms in total. The highest BCUT2D eigenvalue weighted by Gasteiger charge is 2.09. The molecule has 1 aromatic carbocycles. The molecule has 18 heavy (non-hydrogen) atoms. The predicted octanol–water partition coefficient (Wildman–Crippen LogP) is 1.33. The van der Waals surface area contributed by atoms with Crippen LogP contribution in [0, 0.1) is 0 Å². The summed E-state index contributed by atoms with van der Waals surface area (Å²) in [5, 5.41) is 14.1. The average molecular weight is 248 g/mol. The monoisotopic (exact) mass is 248 g/mol. The van der Waals surface area contributed by atoms with E-state index in [1.54, 1.807) is 38.2 Å². The Hall–Kier alpha value is -2.14. The number of benzene rings is 1. The van der Waals surface area contributed by atoms with Crippen molar-refractivity contribution in [3.05, 3.63) is 35.9 Å². The number of carboxylic acid groups (broad SMARTS) is 1. The van der Waals surface area contributed by atoms with Crippen LogP contribution in [-0.2, 0) is 9.59 Å². The van der Waals surface area contributed by atoms with Gasteiger partial charge in [-0.1, -0.05) is 12.1 Å². The van der Waals surface area contributed by atoms with Gasteiger partial charge in [0.25, 0.3) is 0 Å². The van der Waals surface area contributed by atoms with Crippen molar-refractivity contribution < 1.29 is 14.7 Å². The number of rotatable bonds is 5. The molecule has 0 aliphatic carbocycles. The summed E-state index contributed by atoms with van der Waals surface area (Å²) in [5.41, 5.74) is 1.44. The molecule has 3 N–H and O–H groups in total. The summed E-state index contributed by atoms with van der Waals surface area (Å²) >= 11 is 0. The molecule has 0 saturated carbocycles. The number of likely N-dealkylation sites (N-methyl/N-ethyl adjacent to an activating group) is 1. The minimum atomic E-state index is -0.991. The van der Waals surface area contributed by atoms with Gasteiger partial charge in [-0.15, -0.1) is 0 Å². The number of aliphatic carboxylic acids is 1. The highest BCUT2D eigenvalue weighted by molar-refractivity contribution is 5.94. The Kier molecular flexibility index (Phi) is 5.07. The van der Waals surface area contributed by atoms with E-state index in [1.807, 2.05) is 0 Å². The Bertz CT molecular complexity index is 452. The van der Waals surface area contributed by atoms with Crippen LogP contribution in [-0.4, -0.2) is 30.1 Å². The van der Waals surface area contributed by atoms with E-state index >= 15 is 0 Å². The van der Waals surface area contributed by atoms with Crippen molar-refractivity contribution >= 4 is 23.6 Å². The van der Waals surface area contributed by atoms with Crippen LogP contribution in [0.15, 0.2) is 30.3 Å². The first-order chi connectivity index (χ1) is 8.52. The second kappa shape index (κ2) is 6.56. The molecule has 0 aliphatic rings. The lowest BCUT2D eigenvalue weighted by Gasteiger charge is -2.10. The van der Waals surface area contributed by atoms with Crippen molar-refractivity contribution in [2.75, 3.05) is 12.4 Å². The lowest BCUT2D eigenvalue weighted by Crippen LogP contribution is -2.35. The van der Waals surface area contributed by atoms with Crippen LogP contribution in [0.5, 0.6) is 0 Å². The highest BCUT2D eigenvalue weighted by Crippen LogP contribution is 2.11. The maximum Gasteiger partial charge on any atom is 0.328 e. The van der Waals surface area contributed by atoms with Crippen molar-refractivity contribution in [3.63, 3.8) is 0 Å². The molecule has 1 rings (SSSR count). The molecule has 0 fully saturated rings. The lowest BCUT2D eigenvalue weighted by molar-refractivity contribution is -0.131. The number of hydrogen-bond donors (Lipinski definition) is 3. The second-order valence-corrected chi connectivity index (χ2v) is 3.79. The van der Waals surface area contributed by atoms with Gasteiger partial charge in [0.05, 0.1) is 6.04 Å². The summed E-state index contributed by atoms with van der Waals surface area (Å²) in [6.07, 6.45) is 2.56. The Morgan fingerprint density at radius 1 is 1.28 bits per heavy atom. The molecule has 5 heteroatoms. The molecule has 0 heterocycles. The van der Waals surface area contributed by atoms with E-state index in [0.717, 1.165) is 11.6 Å². The van der Waals surface area contributed by atoms with Gasteiger partial charge in [-0.05, 0) is 37.7 Å². The average Bonchev–Trinajstić information content (AvgIpc) is 2.36. The third kappa shape index (κ3) is 4.39. The number of carboxylic acids is 1. The normalized spacial score (nSPS) is 12.3. The maximum absolute atomic E-state index is 11.6. The minimum absolute atomic E-state index is 0.119. The van der Waals surface area contributed by atoms with Gasteiger partial charge in [0.1, 0.15) is 0 Å². The Morgan fingerprint density at radius 2 is 1.89 bits per heavy atom. The number of anilines is 1. The molecule has 1 amide bonds. The third-order valence-corrected chi connectivity index (χ3v) is 2.42. The van der Waals surface area contributed by atoms with Gasteiger partial charge >= 0.3 is 5.97 Å². The number of hydrogen-bond acceptors (Lipinski definition) is 3. The van der Waals surface area contributed by atoms with Gasteiger partial charge in [-0.3, -0.25) is 4.79 Å². The van der Waals surface area contributed by atoms with Crippen LogP contribution < -0.4 is 10.6 Å². The smallest absolute Gasteiger partial charge is 0.328 e. The van der Waals surface area contributed by atoms with Crippen molar-refractivity contribution in [1.82, 2.24) is 5.32 Å². The predicted molar refractivity (Wildman–Crippen MR) is 70.3 cm³/mol. The lowest BCUT2D eigenvalue weighted by atomic mass is 10.2. The third-order valence-electron chi connectivity index (χ3n) is 2.42. The van der Waals surface area contributed by atoms with Crippen LogP contribution in [0.3, 0.4) is 0 Å². The van der Waals surface area contributed by atoms with E-state index in [2.05, 4.69) is 10.6 Å². The summed E-state index contributed by atoms with van der Waals surface area (Å²) in [7, 11) is 1.71. The van der Waals surface area contributed by atoms with Gasteiger partial charge in [-0.2, -0.15) is 0 Å². The van der Waals surface area contributed by atoms with E-state index < -0.39 is 5.97 Å². The Morgan fingerprint density at radius 3 is 2.39 bits per heavy atom. The molecule has 1 atom stereocenters. The van der Waals surface area contributed by atoms with E-state index in [9.17, 15) is 9.59 Å². The summed E-state index contributed by atoms with van der Waals surface area (Å²) in [6.45, 7) is 1.76. The van der Waals surface area contributed by atoms with Crippen LogP contribution in [0.2, 0.25) is 0 Å². The van der Waals surface area contributed by atoms with E-state index in [-0.39, 0.29) is 11.9 Å². The SMILES string of the molecule is CNC(C)C(=O)Nc1ccc(/C=C/C(=O)O)cc1. The number of amides is 1. The molecule has 1 unspecified atom stereocenters. The molecule has 0 spiro atoms. The number of nitrogens with one attached hydrogen (secondary N) is 2. The van der Waals surface area contributed by atoms with Gasteiger partial charge in [-0.25, -0.2) is 4.79 Å². The van der Waals surface area contributed by atoms with Crippen LogP contribution in [0.1, 0.15) is 12.5 Å². The van der Waals surface area contributed by atoms with Gasteiger partial charge < -0.3 is 15.7 Å². The highest BCUT2D eigenvalue weighted by atomic mass is 16.4. The standard InChI is InChI=1S/C13H16N2O3/c1-9(14-2)13(18)15-11-6-3-10(4-7-11)5-8-12(16)17/h3-9,14H,1-2H3,(H,15,18)(H,16,17)/b8-5+. The fraction of sp³-hybridized carbons (Fsp3) is 0.231. The largest absolute Gasteiger partial charge is 0.478 e. The summed E-state index contributed by atoms with van der Waals surface area (Å²) < 4.78 is 0. The molecule has 0 saturated heterocycles.